The molecule has 0 unspecified atom stereocenters. The second kappa shape index (κ2) is 7.11. The Morgan fingerprint density at radius 2 is 1.74 bits per heavy atom. The molecule has 0 fully saturated rings. The van der Waals surface area contributed by atoms with Crippen LogP contribution in [0.2, 0.25) is 0 Å². The summed E-state index contributed by atoms with van der Waals surface area (Å²) in [6.45, 7) is 0. The molecule has 3 aromatic rings. The van der Waals surface area contributed by atoms with Crippen molar-refractivity contribution < 1.29 is 9.47 Å². The predicted molar refractivity (Wildman–Crippen MR) is 88.9 cm³/mol. The number of hydrogen-bond acceptors (Lipinski definition) is 6. The van der Waals surface area contributed by atoms with Gasteiger partial charge in [-0.25, -0.2) is 9.97 Å². The van der Waals surface area contributed by atoms with Crippen LogP contribution in [0.1, 0.15) is 0 Å². The minimum atomic E-state index is 0.607. The lowest BCUT2D eigenvalue weighted by atomic mass is 10.3. The first-order valence-corrected chi connectivity index (χ1v) is 7.76. The fraction of sp³-hybridized carbons (Fsp3) is 0.118. The molecule has 0 aliphatic rings. The fourth-order valence-electron chi connectivity index (χ4n) is 2.02. The summed E-state index contributed by atoms with van der Waals surface area (Å²) in [7, 11) is 3.24. The topological polar surface area (TPSA) is 57.1 Å². The Hall–Kier alpha value is -2.60. The highest BCUT2D eigenvalue weighted by Crippen LogP contribution is 2.34. The van der Waals surface area contributed by atoms with E-state index in [2.05, 4.69) is 15.0 Å². The van der Waals surface area contributed by atoms with E-state index in [4.69, 9.17) is 9.47 Å². The van der Waals surface area contributed by atoms with Crippen LogP contribution < -0.4 is 9.47 Å². The molecule has 0 atom stereocenters. The van der Waals surface area contributed by atoms with Crippen LogP contribution in [-0.4, -0.2) is 29.2 Å². The van der Waals surface area contributed by atoms with Gasteiger partial charge in [0, 0.05) is 17.3 Å². The van der Waals surface area contributed by atoms with Crippen LogP contribution in [0.3, 0.4) is 0 Å². The SMILES string of the molecule is COc1ccc(Sc2ccnc(-c3ccccn3)n2)cc1OC. The minimum absolute atomic E-state index is 0.607. The predicted octanol–water partition coefficient (Wildman–Crippen LogP) is 3.71. The lowest BCUT2D eigenvalue weighted by Crippen LogP contribution is -1.93. The van der Waals surface area contributed by atoms with Crippen molar-refractivity contribution in [1.29, 1.82) is 0 Å². The first-order chi connectivity index (χ1) is 11.3. The zero-order chi connectivity index (χ0) is 16.1. The van der Waals surface area contributed by atoms with Crippen molar-refractivity contribution in [3.8, 4) is 23.0 Å². The Bertz CT molecular complexity index is 797. The number of rotatable bonds is 5. The molecule has 0 spiro atoms. The maximum atomic E-state index is 5.33. The van der Waals surface area contributed by atoms with Crippen LogP contribution in [-0.2, 0) is 0 Å². The zero-order valence-corrected chi connectivity index (χ0v) is 13.6. The summed E-state index contributed by atoms with van der Waals surface area (Å²) < 4.78 is 10.6. The van der Waals surface area contributed by atoms with Gasteiger partial charge in [0.2, 0.25) is 0 Å². The Balaban J connectivity index is 1.86. The zero-order valence-electron chi connectivity index (χ0n) is 12.8. The number of methoxy groups -OCH3 is 2. The lowest BCUT2D eigenvalue weighted by molar-refractivity contribution is 0.354. The van der Waals surface area contributed by atoms with E-state index >= 15 is 0 Å². The molecule has 0 radical (unpaired) electrons. The van der Waals surface area contributed by atoms with Crippen LogP contribution in [0.4, 0.5) is 0 Å². The monoisotopic (exact) mass is 325 g/mol. The van der Waals surface area contributed by atoms with Gasteiger partial charge >= 0.3 is 0 Å². The lowest BCUT2D eigenvalue weighted by Gasteiger charge is -2.09. The molecule has 2 heterocycles. The van der Waals surface area contributed by atoms with Crippen molar-refractivity contribution >= 4 is 11.8 Å². The summed E-state index contributed by atoms with van der Waals surface area (Å²) in [4.78, 5) is 14.1. The summed E-state index contributed by atoms with van der Waals surface area (Å²) in [6.07, 6.45) is 3.47. The highest BCUT2D eigenvalue weighted by atomic mass is 32.2. The smallest absolute Gasteiger partial charge is 0.179 e. The molecule has 2 aromatic heterocycles. The highest BCUT2D eigenvalue weighted by molar-refractivity contribution is 7.99. The van der Waals surface area contributed by atoms with E-state index in [9.17, 15) is 0 Å². The van der Waals surface area contributed by atoms with Crippen LogP contribution in [0, 0.1) is 0 Å². The fourth-order valence-corrected chi connectivity index (χ4v) is 2.82. The summed E-state index contributed by atoms with van der Waals surface area (Å²) >= 11 is 1.53. The maximum absolute atomic E-state index is 5.33. The molecule has 0 aliphatic carbocycles. The molecule has 3 rings (SSSR count). The Kier molecular flexibility index (Phi) is 4.73. The quantitative estimate of drug-likeness (QED) is 0.667. The average Bonchev–Trinajstić information content (AvgIpc) is 2.62. The Labute approximate surface area is 138 Å². The molecule has 1 aromatic carbocycles. The number of benzene rings is 1. The number of ether oxygens (including phenoxy) is 2. The summed E-state index contributed by atoms with van der Waals surface area (Å²) in [5.74, 6) is 2.00. The third-order valence-electron chi connectivity index (χ3n) is 3.10. The van der Waals surface area contributed by atoms with E-state index in [0.29, 0.717) is 17.3 Å². The molecular weight excluding hydrogens is 310 g/mol. The number of aromatic nitrogens is 3. The van der Waals surface area contributed by atoms with Crippen molar-refractivity contribution in [1.82, 2.24) is 15.0 Å². The van der Waals surface area contributed by atoms with Gasteiger partial charge in [0.1, 0.15) is 10.7 Å². The normalized spacial score (nSPS) is 10.3. The average molecular weight is 325 g/mol. The van der Waals surface area contributed by atoms with Gasteiger partial charge in [-0.15, -0.1) is 0 Å². The standard InChI is InChI=1S/C17H15N3O2S/c1-21-14-7-6-12(11-15(14)22-2)23-16-8-10-19-17(20-16)13-5-3-4-9-18-13/h3-11H,1-2H3. The second-order valence-electron chi connectivity index (χ2n) is 4.55. The van der Waals surface area contributed by atoms with E-state index in [1.165, 1.54) is 11.8 Å². The molecule has 6 heteroatoms. The van der Waals surface area contributed by atoms with E-state index in [1.807, 2.05) is 42.5 Å². The molecule has 0 bridgehead atoms. The molecule has 0 aliphatic heterocycles. The van der Waals surface area contributed by atoms with Crippen molar-refractivity contribution in [2.45, 2.75) is 9.92 Å². The van der Waals surface area contributed by atoms with E-state index < -0.39 is 0 Å². The van der Waals surface area contributed by atoms with Gasteiger partial charge < -0.3 is 9.47 Å². The number of hydrogen-bond donors (Lipinski definition) is 0. The van der Waals surface area contributed by atoms with Gasteiger partial charge in [-0.2, -0.15) is 0 Å². The van der Waals surface area contributed by atoms with Crippen molar-refractivity contribution in [2.75, 3.05) is 14.2 Å². The van der Waals surface area contributed by atoms with Crippen molar-refractivity contribution in [2.24, 2.45) is 0 Å². The molecule has 23 heavy (non-hydrogen) atoms. The van der Waals surface area contributed by atoms with Crippen molar-refractivity contribution in [3.05, 3.63) is 54.9 Å². The molecule has 0 amide bonds. The summed E-state index contributed by atoms with van der Waals surface area (Å²) in [5.41, 5.74) is 0.752. The number of nitrogens with zero attached hydrogens (tertiary/aromatic N) is 3. The van der Waals surface area contributed by atoms with E-state index in [0.717, 1.165) is 15.6 Å². The molecule has 116 valence electrons. The van der Waals surface area contributed by atoms with E-state index in [1.54, 1.807) is 26.6 Å². The van der Waals surface area contributed by atoms with Crippen LogP contribution in [0.15, 0.2) is 64.8 Å². The van der Waals surface area contributed by atoms with Gasteiger partial charge in [0.05, 0.1) is 14.2 Å². The summed E-state index contributed by atoms with van der Waals surface area (Å²) in [5, 5.41) is 0.841. The molecule has 5 nitrogen and oxygen atoms in total. The van der Waals surface area contributed by atoms with Crippen LogP contribution >= 0.6 is 11.8 Å². The third kappa shape index (κ3) is 3.60. The third-order valence-corrected chi connectivity index (χ3v) is 4.03. The van der Waals surface area contributed by atoms with Gasteiger partial charge in [-0.3, -0.25) is 4.98 Å². The number of pyridine rings is 1. The van der Waals surface area contributed by atoms with Crippen LogP contribution in [0.5, 0.6) is 11.5 Å². The first-order valence-electron chi connectivity index (χ1n) is 6.94. The van der Waals surface area contributed by atoms with Gasteiger partial charge in [0.25, 0.3) is 0 Å². The summed E-state index contributed by atoms with van der Waals surface area (Å²) in [6, 6.07) is 13.3. The maximum Gasteiger partial charge on any atom is 0.179 e. The second-order valence-corrected chi connectivity index (χ2v) is 5.65. The highest BCUT2D eigenvalue weighted by Gasteiger charge is 2.08. The van der Waals surface area contributed by atoms with Crippen LogP contribution in [0.25, 0.3) is 11.5 Å². The molecule has 0 saturated heterocycles. The largest absolute Gasteiger partial charge is 0.493 e. The molecular formula is C17H15N3O2S. The minimum Gasteiger partial charge on any atom is -0.493 e. The van der Waals surface area contributed by atoms with Gasteiger partial charge in [-0.05, 0) is 36.4 Å². The van der Waals surface area contributed by atoms with E-state index in [-0.39, 0.29) is 0 Å². The van der Waals surface area contributed by atoms with Gasteiger partial charge in [-0.1, -0.05) is 17.8 Å². The Morgan fingerprint density at radius 3 is 2.48 bits per heavy atom. The first kappa shape index (κ1) is 15.3. The Morgan fingerprint density at radius 1 is 0.870 bits per heavy atom. The molecule has 0 N–H and O–H groups in total. The molecule has 0 saturated carbocycles. The van der Waals surface area contributed by atoms with Crippen molar-refractivity contribution in [3.63, 3.8) is 0 Å². The van der Waals surface area contributed by atoms with Gasteiger partial charge in [0.15, 0.2) is 17.3 Å².